The number of hydrogen-bond donors (Lipinski definition) is 1. The van der Waals surface area contributed by atoms with Gasteiger partial charge in [-0.05, 0) is 48.9 Å². The van der Waals surface area contributed by atoms with Crippen LogP contribution >= 0.6 is 0 Å². The van der Waals surface area contributed by atoms with Gasteiger partial charge in [-0.15, -0.1) is 5.10 Å². The predicted molar refractivity (Wildman–Crippen MR) is 90.1 cm³/mol. The van der Waals surface area contributed by atoms with Crippen molar-refractivity contribution < 1.29 is 18.7 Å². The molecule has 26 heavy (non-hydrogen) atoms. The molecule has 2 aromatic carbocycles. The molecule has 0 aliphatic heterocycles. The van der Waals surface area contributed by atoms with E-state index in [9.17, 15) is 14.0 Å². The van der Waals surface area contributed by atoms with E-state index in [1.807, 2.05) is 0 Å². The van der Waals surface area contributed by atoms with E-state index < -0.39 is 11.9 Å². The zero-order valence-corrected chi connectivity index (χ0v) is 13.8. The Hall–Kier alpha value is -3.55. The van der Waals surface area contributed by atoms with Gasteiger partial charge in [0.25, 0.3) is 5.82 Å². The van der Waals surface area contributed by atoms with Crippen LogP contribution in [0, 0.1) is 12.7 Å². The van der Waals surface area contributed by atoms with Gasteiger partial charge in [0.2, 0.25) is 5.91 Å². The summed E-state index contributed by atoms with van der Waals surface area (Å²) in [7, 11) is 0. The van der Waals surface area contributed by atoms with Crippen LogP contribution in [-0.4, -0.2) is 26.6 Å². The number of carbonyl (C=O) groups is 2. The second kappa shape index (κ2) is 7.14. The van der Waals surface area contributed by atoms with Crippen LogP contribution in [0.25, 0.3) is 5.69 Å². The molecule has 2 N–H and O–H groups in total. The van der Waals surface area contributed by atoms with Crippen LogP contribution in [0.3, 0.4) is 0 Å². The molecule has 1 aromatic heterocycles. The number of hydrogen-bond acceptors (Lipinski definition) is 5. The summed E-state index contributed by atoms with van der Waals surface area (Å²) >= 11 is 0. The summed E-state index contributed by atoms with van der Waals surface area (Å²) in [5.74, 6) is -1.21. The van der Waals surface area contributed by atoms with E-state index in [0.29, 0.717) is 22.6 Å². The molecule has 0 aliphatic carbocycles. The van der Waals surface area contributed by atoms with E-state index >= 15 is 0 Å². The highest BCUT2D eigenvalue weighted by Crippen LogP contribution is 2.12. The molecule has 1 amide bonds. The van der Waals surface area contributed by atoms with Gasteiger partial charge in [-0.1, -0.05) is 12.1 Å². The zero-order chi connectivity index (χ0) is 18.7. The Morgan fingerprint density at radius 1 is 1.12 bits per heavy atom. The highest BCUT2D eigenvalue weighted by atomic mass is 19.1. The first kappa shape index (κ1) is 17.3. The van der Waals surface area contributed by atoms with Crippen LogP contribution in [0.1, 0.15) is 32.4 Å². The van der Waals surface area contributed by atoms with E-state index in [1.54, 1.807) is 31.2 Å². The van der Waals surface area contributed by atoms with Crippen LogP contribution in [0.2, 0.25) is 0 Å². The van der Waals surface area contributed by atoms with Crippen molar-refractivity contribution in [3.63, 3.8) is 0 Å². The van der Waals surface area contributed by atoms with Gasteiger partial charge >= 0.3 is 5.97 Å². The van der Waals surface area contributed by atoms with Crippen molar-refractivity contribution in [2.24, 2.45) is 5.73 Å². The molecule has 0 fully saturated rings. The Kier molecular flexibility index (Phi) is 4.74. The van der Waals surface area contributed by atoms with Crippen LogP contribution < -0.4 is 5.73 Å². The molecule has 0 unspecified atom stereocenters. The lowest BCUT2D eigenvalue weighted by atomic mass is 10.1. The lowest BCUT2D eigenvalue weighted by molar-refractivity contribution is 0.0458. The summed E-state index contributed by atoms with van der Waals surface area (Å²) in [5.41, 5.74) is 6.82. The molecule has 0 atom stereocenters. The Labute approximate surface area is 148 Å². The first-order chi connectivity index (χ1) is 12.4. The molecule has 0 saturated heterocycles. The number of amides is 1. The maximum Gasteiger partial charge on any atom is 0.378 e. The standard InChI is InChI=1S/C18H15FN4O3/c1-11-21-17(22-23(11)15-8-6-14(19)7-9-15)18(25)26-10-12-2-4-13(5-3-12)16(20)24/h2-9H,10H2,1H3,(H2,20,24). The van der Waals surface area contributed by atoms with Gasteiger partial charge in [0.15, 0.2) is 0 Å². The van der Waals surface area contributed by atoms with Crippen molar-refractivity contribution in [2.45, 2.75) is 13.5 Å². The molecule has 7 nitrogen and oxygen atoms in total. The number of nitrogens with two attached hydrogens (primary N) is 1. The Morgan fingerprint density at radius 3 is 2.38 bits per heavy atom. The fourth-order valence-corrected chi connectivity index (χ4v) is 2.28. The molecule has 0 spiro atoms. The molecule has 0 bridgehead atoms. The molecule has 3 rings (SSSR count). The van der Waals surface area contributed by atoms with Crippen molar-refractivity contribution in [3.05, 3.63) is 77.1 Å². The molecule has 3 aromatic rings. The van der Waals surface area contributed by atoms with E-state index in [4.69, 9.17) is 10.5 Å². The third-order valence-electron chi connectivity index (χ3n) is 3.63. The van der Waals surface area contributed by atoms with Crippen LogP contribution in [0.5, 0.6) is 0 Å². The highest BCUT2D eigenvalue weighted by Gasteiger charge is 2.17. The molecule has 0 aliphatic rings. The minimum absolute atomic E-state index is 0.00200. The Balaban J connectivity index is 1.69. The normalized spacial score (nSPS) is 10.5. The highest BCUT2D eigenvalue weighted by molar-refractivity contribution is 5.92. The first-order valence-corrected chi connectivity index (χ1v) is 7.69. The summed E-state index contributed by atoms with van der Waals surface area (Å²) < 4.78 is 19.6. The van der Waals surface area contributed by atoms with E-state index in [1.165, 1.54) is 28.9 Å². The van der Waals surface area contributed by atoms with Crippen molar-refractivity contribution >= 4 is 11.9 Å². The fraction of sp³-hybridized carbons (Fsp3) is 0.111. The third kappa shape index (κ3) is 3.75. The minimum Gasteiger partial charge on any atom is -0.455 e. The molecule has 0 radical (unpaired) electrons. The fourth-order valence-electron chi connectivity index (χ4n) is 2.28. The summed E-state index contributed by atoms with van der Waals surface area (Å²) in [6.07, 6.45) is 0. The van der Waals surface area contributed by atoms with Gasteiger partial charge in [-0.3, -0.25) is 4.79 Å². The van der Waals surface area contributed by atoms with Crippen molar-refractivity contribution in [1.82, 2.24) is 14.8 Å². The first-order valence-electron chi connectivity index (χ1n) is 7.69. The number of carbonyl (C=O) groups excluding carboxylic acids is 2. The number of aromatic nitrogens is 3. The average molecular weight is 354 g/mol. The zero-order valence-electron chi connectivity index (χ0n) is 13.8. The van der Waals surface area contributed by atoms with Gasteiger partial charge < -0.3 is 10.5 Å². The number of benzene rings is 2. The van der Waals surface area contributed by atoms with Gasteiger partial charge in [0.1, 0.15) is 18.2 Å². The van der Waals surface area contributed by atoms with E-state index in [2.05, 4.69) is 10.1 Å². The molecule has 0 saturated carbocycles. The van der Waals surface area contributed by atoms with Crippen molar-refractivity contribution in [2.75, 3.05) is 0 Å². The summed E-state index contributed by atoms with van der Waals surface area (Å²) in [5, 5.41) is 4.11. The molecule has 1 heterocycles. The van der Waals surface area contributed by atoms with Gasteiger partial charge in [0.05, 0.1) is 5.69 Å². The quantitative estimate of drug-likeness (QED) is 0.708. The number of ether oxygens (including phenoxy) is 1. The SMILES string of the molecule is Cc1nc(C(=O)OCc2ccc(C(N)=O)cc2)nn1-c1ccc(F)cc1. The lowest BCUT2D eigenvalue weighted by Gasteiger charge is -2.03. The second-order valence-electron chi connectivity index (χ2n) is 5.51. The minimum atomic E-state index is -0.687. The summed E-state index contributed by atoms with van der Waals surface area (Å²) in [6.45, 7) is 1.68. The van der Waals surface area contributed by atoms with Crippen LogP contribution in [-0.2, 0) is 11.3 Å². The average Bonchev–Trinajstić information content (AvgIpc) is 3.02. The number of nitrogens with zero attached hydrogens (tertiary/aromatic N) is 3. The number of primary amides is 1. The smallest absolute Gasteiger partial charge is 0.378 e. The molecular weight excluding hydrogens is 339 g/mol. The van der Waals surface area contributed by atoms with Crippen molar-refractivity contribution in [3.8, 4) is 5.69 Å². The summed E-state index contributed by atoms with van der Waals surface area (Å²) in [4.78, 5) is 27.3. The van der Waals surface area contributed by atoms with Gasteiger partial charge in [-0.25, -0.2) is 18.9 Å². The number of aryl methyl sites for hydroxylation is 1. The topological polar surface area (TPSA) is 100 Å². The number of halogens is 1. The maximum atomic E-state index is 13.0. The number of esters is 1. The Bertz CT molecular complexity index is 950. The second-order valence-corrected chi connectivity index (χ2v) is 5.51. The third-order valence-corrected chi connectivity index (χ3v) is 3.63. The van der Waals surface area contributed by atoms with Crippen LogP contribution in [0.15, 0.2) is 48.5 Å². The predicted octanol–water partition coefficient (Wildman–Crippen LogP) is 2.17. The number of rotatable bonds is 5. The summed E-state index contributed by atoms with van der Waals surface area (Å²) in [6, 6.07) is 12.0. The molecule has 8 heteroatoms. The lowest BCUT2D eigenvalue weighted by Crippen LogP contribution is -2.11. The van der Waals surface area contributed by atoms with Gasteiger partial charge in [-0.2, -0.15) is 0 Å². The maximum absolute atomic E-state index is 13.0. The van der Waals surface area contributed by atoms with Crippen molar-refractivity contribution in [1.29, 1.82) is 0 Å². The molecule has 132 valence electrons. The molecular formula is C18H15FN4O3. The van der Waals surface area contributed by atoms with E-state index in [-0.39, 0.29) is 18.2 Å². The largest absolute Gasteiger partial charge is 0.455 e. The van der Waals surface area contributed by atoms with Gasteiger partial charge in [0, 0.05) is 5.56 Å². The Morgan fingerprint density at radius 2 is 1.77 bits per heavy atom. The van der Waals surface area contributed by atoms with E-state index in [0.717, 1.165) is 0 Å². The van der Waals surface area contributed by atoms with Crippen LogP contribution in [0.4, 0.5) is 4.39 Å². The monoisotopic (exact) mass is 354 g/mol.